The average Bonchev–Trinajstić information content (AvgIpc) is 2.29. The van der Waals surface area contributed by atoms with E-state index in [2.05, 4.69) is 0 Å². The van der Waals surface area contributed by atoms with Gasteiger partial charge in [0, 0.05) is 13.1 Å². The number of amides is 1. The first-order chi connectivity index (χ1) is 8.74. The average molecular weight is 297 g/mol. The zero-order valence-electron chi connectivity index (χ0n) is 9.75. The lowest BCUT2D eigenvalue weighted by molar-refractivity contribution is -0.140. The molecular formula is C11H12ClF3N2O2. The number of alkyl halides is 3. The number of hydrogen-bond donors (Lipinski definition) is 2. The molecule has 0 aliphatic rings. The van der Waals surface area contributed by atoms with Gasteiger partial charge in [-0.1, -0.05) is 11.6 Å². The van der Waals surface area contributed by atoms with Gasteiger partial charge >= 0.3 is 6.18 Å². The lowest BCUT2D eigenvalue weighted by atomic mass is 10.2. The Labute approximate surface area is 112 Å². The van der Waals surface area contributed by atoms with Gasteiger partial charge in [0.25, 0.3) is 5.91 Å². The van der Waals surface area contributed by atoms with Crippen molar-refractivity contribution in [2.24, 2.45) is 5.73 Å². The van der Waals surface area contributed by atoms with Crippen molar-refractivity contribution >= 4 is 17.5 Å². The Bertz CT molecular complexity index is 466. The Kier molecular flexibility index (Phi) is 5.02. The summed E-state index contributed by atoms with van der Waals surface area (Å²) in [6.07, 6.45) is -4.53. The molecule has 0 heterocycles. The van der Waals surface area contributed by atoms with E-state index >= 15 is 0 Å². The molecule has 0 unspecified atom stereocenters. The molecule has 1 aromatic rings. The van der Waals surface area contributed by atoms with Gasteiger partial charge in [-0.3, -0.25) is 4.79 Å². The molecule has 0 aromatic heterocycles. The highest BCUT2D eigenvalue weighted by Crippen LogP contribution is 2.24. The minimum Gasteiger partial charge on any atom is -0.508 e. The van der Waals surface area contributed by atoms with Crippen molar-refractivity contribution in [3.8, 4) is 5.75 Å². The molecule has 3 N–H and O–H groups in total. The van der Waals surface area contributed by atoms with Crippen molar-refractivity contribution in [1.29, 1.82) is 0 Å². The Morgan fingerprint density at radius 1 is 1.42 bits per heavy atom. The first-order valence-corrected chi connectivity index (χ1v) is 5.67. The largest absolute Gasteiger partial charge is 0.508 e. The topological polar surface area (TPSA) is 66.6 Å². The normalized spacial score (nSPS) is 11.4. The summed E-state index contributed by atoms with van der Waals surface area (Å²) >= 11 is 5.74. The quantitative estimate of drug-likeness (QED) is 0.893. The summed E-state index contributed by atoms with van der Waals surface area (Å²) < 4.78 is 37.1. The molecule has 1 amide bonds. The predicted molar refractivity (Wildman–Crippen MR) is 64.1 cm³/mol. The van der Waals surface area contributed by atoms with Gasteiger partial charge in [0.05, 0.1) is 10.6 Å². The molecule has 0 atom stereocenters. The summed E-state index contributed by atoms with van der Waals surface area (Å²) in [6.45, 7) is -1.79. The molecule has 0 saturated heterocycles. The number of phenolic OH excluding ortho intramolecular Hbond substituents is 1. The highest BCUT2D eigenvalue weighted by atomic mass is 35.5. The maximum absolute atomic E-state index is 12.4. The Morgan fingerprint density at radius 3 is 2.58 bits per heavy atom. The fraction of sp³-hybridized carbons (Fsp3) is 0.364. The number of hydrogen-bond acceptors (Lipinski definition) is 3. The second-order valence-electron chi connectivity index (χ2n) is 3.79. The fourth-order valence-corrected chi connectivity index (χ4v) is 1.67. The predicted octanol–water partition coefficient (Wildman–Crippen LogP) is 2.01. The van der Waals surface area contributed by atoms with Crippen LogP contribution in [0.3, 0.4) is 0 Å². The summed E-state index contributed by atoms with van der Waals surface area (Å²) in [5, 5.41) is 9.22. The first kappa shape index (κ1) is 15.6. The van der Waals surface area contributed by atoms with Gasteiger partial charge in [-0.25, -0.2) is 0 Å². The summed E-state index contributed by atoms with van der Waals surface area (Å²) in [6, 6.07) is 3.49. The molecule has 0 aliphatic heterocycles. The molecule has 0 bridgehead atoms. The minimum atomic E-state index is -4.53. The summed E-state index contributed by atoms with van der Waals surface area (Å²) in [5.41, 5.74) is 4.99. The number of benzene rings is 1. The van der Waals surface area contributed by atoms with Crippen LogP contribution < -0.4 is 5.73 Å². The molecule has 1 aromatic carbocycles. The molecule has 8 heteroatoms. The fourth-order valence-electron chi connectivity index (χ4n) is 1.47. The van der Waals surface area contributed by atoms with Crippen LogP contribution in [0, 0.1) is 0 Å². The van der Waals surface area contributed by atoms with Crippen molar-refractivity contribution in [2.75, 3.05) is 19.6 Å². The maximum atomic E-state index is 12.4. The molecule has 0 spiro atoms. The van der Waals surface area contributed by atoms with Gasteiger partial charge in [0.15, 0.2) is 0 Å². The summed E-state index contributed by atoms with van der Waals surface area (Å²) in [4.78, 5) is 12.5. The number of rotatable bonds is 4. The van der Waals surface area contributed by atoms with Crippen LogP contribution in [0.2, 0.25) is 5.02 Å². The zero-order valence-corrected chi connectivity index (χ0v) is 10.5. The molecule has 4 nitrogen and oxygen atoms in total. The van der Waals surface area contributed by atoms with E-state index in [1.165, 1.54) is 12.1 Å². The van der Waals surface area contributed by atoms with Crippen LogP contribution in [0.15, 0.2) is 18.2 Å². The van der Waals surface area contributed by atoms with Gasteiger partial charge in [-0.2, -0.15) is 13.2 Å². The number of nitrogens with zero attached hydrogens (tertiary/aromatic N) is 1. The van der Waals surface area contributed by atoms with Crippen LogP contribution in [0.5, 0.6) is 5.75 Å². The lowest BCUT2D eigenvalue weighted by Gasteiger charge is -2.23. The van der Waals surface area contributed by atoms with E-state index in [9.17, 15) is 23.1 Å². The third-order valence-corrected chi connectivity index (χ3v) is 2.57. The highest BCUT2D eigenvalue weighted by Gasteiger charge is 2.33. The molecule has 19 heavy (non-hydrogen) atoms. The summed E-state index contributed by atoms with van der Waals surface area (Å²) in [5.74, 6) is -1.18. The van der Waals surface area contributed by atoms with Crippen LogP contribution in [-0.2, 0) is 0 Å². The monoisotopic (exact) mass is 296 g/mol. The summed E-state index contributed by atoms with van der Waals surface area (Å²) in [7, 11) is 0. The van der Waals surface area contributed by atoms with Gasteiger partial charge in [0.1, 0.15) is 12.3 Å². The van der Waals surface area contributed by atoms with Crippen molar-refractivity contribution in [1.82, 2.24) is 4.90 Å². The molecular weight excluding hydrogens is 285 g/mol. The lowest BCUT2D eigenvalue weighted by Crippen LogP contribution is -2.41. The van der Waals surface area contributed by atoms with Crippen molar-refractivity contribution in [3.05, 3.63) is 28.8 Å². The SMILES string of the molecule is NCCN(CC(F)(F)F)C(=O)c1cc(O)ccc1Cl. The van der Waals surface area contributed by atoms with E-state index in [1.54, 1.807) is 0 Å². The molecule has 1 rings (SSSR count). The van der Waals surface area contributed by atoms with E-state index in [0.717, 1.165) is 6.07 Å². The van der Waals surface area contributed by atoms with Crippen molar-refractivity contribution in [2.45, 2.75) is 6.18 Å². The molecule has 0 saturated carbocycles. The van der Waals surface area contributed by atoms with Gasteiger partial charge in [-0.15, -0.1) is 0 Å². The van der Waals surface area contributed by atoms with Gasteiger partial charge < -0.3 is 15.7 Å². The number of nitrogens with two attached hydrogens (primary N) is 1. The molecule has 106 valence electrons. The number of halogens is 4. The third-order valence-electron chi connectivity index (χ3n) is 2.24. The number of phenols is 1. The highest BCUT2D eigenvalue weighted by molar-refractivity contribution is 6.33. The number of carbonyl (C=O) groups is 1. The Hall–Kier alpha value is -1.47. The van der Waals surface area contributed by atoms with E-state index in [1.807, 2.05) is 0 Å². The molecule has 0 fully saturated rings. The van der Waals surface area contributed by atoms with E-state index in [-0.39, 0.29) is 29.4 Å². The smallest absolute Gasteiger partial charge is 0.406 e. The van der Waals surface area contributed by atoms with Crippen LogP contribution in [0.1, 0.15) is 10.4 Å². The van der Waals surface area contributed by atoms with Gasteiger partial charge in [0.2, 0.25) is 0 Å². The molecule has 0 radical (unpaired) electrons. The van der Waals surface area contributed by atoms with Crippen LogP contribution in [-0.4, -0.2) is 41.7 Å². The zero-order chi connectivity index (χ0) is 14.6. The second-order valence-corrected chi connectivity index (χ2v) is 4.20. The van der Waals surface area contributed by atoms with Crippen LogP contribution in [0.4, 0.5) is 13.2 Å². The number of carbonyl (C=O) groups excluding carboxylic acids is 1. The van der Waals surface area contributed by atoms with Gasteiger partial charge in [-0.05, 0) is 18.2 Å². The number of aromatic hydroxyl groups is 1. The molecule has 0 aliphatic carbocycles. The van der Waals surface area contributed by atoms with Crippen molar-refractivity contribution in [3.63, 3.8) is 0 Å². The van der Waals surface area contributed by atoms with E-state index in [0.29, 0.717) is 4.90 Å². The van der Waals surface area contributed by atoms with Crippen LogP contribution >= 0.6 is 11.6 Å². The van der Waals surface area contributed by atoms with E-state index in [4.69, 9.17) is 17.3 Å². The minimum absolute atomic E-state index is 0.0352. The Morgan fingerprint density at radius 2 is 2.05 bits per heavy atom. The van der Waals surface area contributed by atoms with Crippen LogP contribution in [0.25, 0.3) is 0 Å². The first-order valence-electron chi connectivity index (χ1n) is 5.29. The van der Waals surface area contributed by atoms with Crippen molar-refractivity contribution < 1.29 is 23.1 Å². The maximum Gasteiger partial charge on any atom is 0.406 e. The third kappa shape index (κ3) is 4.60. The second kappa shape index (κ2) is 6.12. The Balaban J connectivity index is 3.02. The standard InChI is InChI=1S/C11H12ClF3N2O2/c12-9-2-1-7(18)5-8(9)10(19)17(4-3-16)6-11(13,14)15/h1-2,5,18H,3-4,6,16H2. The van der Waals surface area contributed by atoms with E-state index < -0.39 is 18.6 Å².